The van der Waals surface area contributed by atoms with Gasteiger partial charge in [0.1, 0.15) is 10.6 Å². The SMILES string of the molecule is CS(=O)(=O)c1ccc(C2(C(=O)O)CCC2)cc1O. The Kier molecular flexibility index (Phi) is 2.85. The minimum atomic E-state index is -3.50. The molecule has 0 atom stereocenters. The van der Waals surface area contributed by atoms with E-state index in [-0.39, 0.29) is 10.6 Å². The zero-order chi connectivity index (χ0) is 13.6. The first-order valence-corrected chi connectivity index (χ1v) is 7.43. The molecule has 0 aromatic heterocycles. The Bertz CT molecular complexity index is 599. The van der Waals surface area contributed by atoms with Crippen LogP contribution in [0.1, 0.15) is 24.8 Å². The largest absolute Gasteiger partial charge is 0.507 e. The fourth-order valence-corrected chi connectivity index (χ4v) is 3.04. The van der Waals surface area contributed by atoms with Gasteiger partial charge in [0.15, 0.2) is 9.84 Å². The molecule has 98 valence electrons. The van der Waals surface area contributed by atoms with E-state index in [9.17, 15) is 23.4 Å². The summed E-state index contributed by atoms with van der Waals surface area (Å²) in [5, 5.41) is 19.0. The average molecular weight is 270 g/mol. The Morgan fingerprint density at radius 3 is 2.28 bits per heavy atom. The summed E-state index contributed by atoms with van der Waals surface area (Å²) in [5.74, 6) is -1.32. The van der Waals surface area contributed by atoms with E-state index in [2.05, 4.69) is 0 Å². The Labute approximate surface area is 105 Å². The summed E-state index contributed by atoms with van der Waals surface area (Å²) in [4.78, 5) is 11.1. The van der Waals surface area contributed by atoms with Gasteiger partial charge in [-0.1, -0.05) is 12.5 Å². The number of hydrogen-bond donors (Lipinski definition) is 2. The van der Waals surface area contributed by atoms with E-state index in [1.807, 2.05) is 0 Å². The summed E-state index contributed by atoms with van der Waals surface area (Å²) in [7, 11) is -3.50. The van der Waals surface area contributed by atoms with Crippen molar-refractivity contribution in [3.8, 4) is 5.75 Å². The molecule has 0 bridgehead atoms. The third-order valence-electron chi connectivity index (χ3n) is 3.53. The molecule has 0 amide bonds. The Balaban J connectivity index is 2.50. The van der Waals surface area contributed by atoms with E-state index in [1.54, 1.807) is 0 Å². The summed E-state index contributed by atoms with van der Waals surface area (Å²) < 4.78 is 22.7. The van der Waals surface area contributed by atoms with Gasteiger partial charge >= 0.3 is 5.97 Å². The third kappa shape index (κ3) is 1.86. The van der Waals surface area contributed by atoms with Crippen molar-refractivity contribution in [3.63, 3.8) is 0 Å². The van der Waals surface area contributed by atoms with Crippen LogP contribution < -0.4 is 0 Å². The summed E-state index contributed by atoms with van der Waals surface area (Å²) in [6.07, 6.45) is 2.85. The minimum absolute atomic E-state index is 0.175. The normalized spacial score (nSPS) is 18.1. The lowest BCUT2D eigenvalue weighted by Crippen LogP contribution is -2.42. The molecule has 1 aliphatic rings. The molecule has 1 aromatic rings. The second-order valence-electron chi connectivity index (χ2n) is 4.70. The molecule has 1 aliphatic carbocycles. The number of carbonyl (C=O) groups is 1. The number of carboxylic acids is 1. The molecule has 1 fully saturated rings. The third-order valence-corrected chi connectivity index (χ3v) is 4.67. The predicted octanol–water partition coefficient (Wildman–Crippen LogP) is 1.30. The molecular formula is C12H14O5S. The van der Waals surface area contributed by atoms with Crippen molar-refractivity contribution in [2.24, 2.45) is 0 Å². The van der Waals surface area contributed by atoms with Gasteiger partial charge in [-0.15, -0.1) is 0 Å². The molecule has 0 unspecified atom stereocenters. The number of phenols is 1. The number of carboxylic acid groups (broad SMARTS) is 1. The molecular weight excluding hydrogens is 256 g/mol. The Morgan fingerprint density at radius 1 is 1.33 bits per heavy atom. The van der Waals surface area contributed by atoms with Crippen molar-refractivity contribution in [2.45, 2.75) is 29.6 Å². The van der Waals surface area contributed by atoms with E-state index >= 15 is 0 Å². The highest BCUT2D eigenvalue weighted by Gasteiger charge is 2.46. The zero-order valence-corrected chi connectivity index (χ0v) is 10.7. The Hall–Kier alpha value is -1.56. The van der Waals surface area contributed by atoms with Gasteiger partial charge < -0.3 is 10.2 Å². The zero-order valence-electron chi connectivity index (χ0n) is 9.88. The first-order chi connectivity index (χ1) is 8.27. The van der Waals surface area contributed by atoms with Crippen molar-refractivity contribution in [3.05, 3.63) is 23.8 Å². The van der Waals surface area contributed by atoms with Crippen LogP contribution in [0.4, 0.5) is 0 Å². The topological polar surface area (TPSA) is 91.7 Å². The van der Waals surface area contributed by atoms with Gasteiger partial charge in [0.2, 0.25) is 0 Å². The standard InChI is InChI=1S/C12H14O5S/c1-18(16,17)10-4-3-8(7-9(10)13)12(11(14)15)5-2-6-12/h3-4,7,13H,2,5-6H2,1H3,(H,14,15). The quantitative estimate of drug-likeness (QED) is 0.863. The van der Waals surface area contributed by atoms with Gasteiger partial charge in [-0.2, -0.15) is 0 Å². The molecule has 2 N–H and O–H groups in total. The van der Waals surface area contributed by atoms with E-state index in [0.717, 1.165) is 12.7 Å². The Morgan fingerprint density at radius 2 is 1.94 bits per heavy atom. The molecule has 5 nitrogen and oxygen atoms in total. The highest BCUT2D eigenvalue weighted by atomic mass is 32.2. The van der Waals surface area contributed by atoms with E-state index in [4.69, 9.17) is 0 Å². The minimum Gasteiger partial charge on any atom is -0.507 e. The van der Waals surface area contributed by atoms with Crippen molar-refractivity contribution >= 4 is 15.8 Å². The summed E-state index contributed by atoms with van der Waals surface area (Å²) in [6, 6.07) is 4.00. The van der Waals surface area contributed by atoms with Crippen LogP contribution in [0, 0.1) is 0 Å². The van der Waals surface area contributed by atoms with Crippen LogP contribution in [-0.2, 0) is 20.0 Å². The number of aromatic hydroxyl groups is 1. The van der Waals surface area contributed by atoms with E-state index in [1.165, 1.54) is 18.2 Å². The second-order valence-corrected chi connectivity index (χ2v) is 6.68. The fraction of sp³-hybridized carbons (Fsp3) is 0.417. The monoisotopic (exact) mass is 270 g/mol. The number of benzene rings is 1. The van der Waals surface area contributed by atoms with Crippen LogP contribution in [-0.4, -0.2) is 30.9 Å². The molecule has 0 spiro atoms. The van der Waals surface area contributed by atoms with Gasteiger partial charge in [0.25, 0.3) is 0 Å². The number of aliphatic carboxylic acids is 1. The molecule has 2 rings (SSSR count). The van der Waals surface area contributed by atoms with Crippen molar-refractivity contribution < 1.29 is 23.4 Å². The molecule has 1 saturated carbocycles. The fourth-order valence-electron chi connectivity index (χ4n) is 2.28. The second kappa shape index (κ2) is 3.98. The maximum absolute atomic E-state index is 11.4. The number of rotatable bonds is 3. The van der Waals surface area contributed by atoms with Crippen LogP contribution >= 0.6 is 0 Å². The first kappa shape index (κ1) is 12.9. The van der Waals surface area contributed by atoms with Gasteiger partial charge in [-0.05, 0) is 30.5 Å². The molecule has 0 aliphatic heterocycles. The summed E-state index contributed by atoms with van der Waals surface area (Å²) in [6.45, 7) is 0. The number of hydrogen-bond acceptors (Lipinski definition) is 4. The maximum Gasteiger partial charge on any atom is 0.314 e. The van der Waals surface area contributed by atoms with Gasteiger partial charge in [-0.3, -0.25) is 4.79 Å². The summed E-state index contributed by atoms with van der Waals surface area (Å²) >= 11 is 0. The van der Waals surface area contributed by atoms with E-state index < -0.39 is 21.2 Å². The van der Waals surface area contributed by atoms with Crippen LogP contribution in [0.3, 0.4) is 0 Å². The average Bonchev–Trinajstić information content (AvgIpc) is 2.12. The number of phenolic OH excluding ortho intramolecular Hbond substituents is 1. The highest BCUT2D eigenvalue weighted by molar-refractivity contribution is 7.90. The van der Waals surface area contributed by atoms with Crippen molar-refractivity contribution in [1.82, 2.24) is 0 Å². The molecule has 6 heteroatoms. The lowest BCUT2D eigenvalue weighted by molar-refractivity contribution is -0.147. The van der Waals surface area contributed by atoms with E-state index in [0.29, 0.717) is 18.4 Å². The molecule has 0 saturated heterocycles. The van der Waals surface area contributed by atoms with Crippen molar-refractivity contribution in [1.29, 1.82) is 0 Å². The lowest BCUT2D eigenvalue weighted by atomic mass is 9.64. The smallest absolute Gasteiger partial charge is 0.314 e. The molecule has 18 heavy (non-hydrogen) atoms. The molecule has 1 aromatic carbocycles. The summed E-state index contributed by atoms with van der Waals surface area (Å²) in [5.41, 5.74) is -0.501. The van der Waals surface area contributed by atoms with Crippen LogP contribution in [0.25, 0.3) is 0 Å². The molecule has 0 heterocycles. The van der Waals surface area contributed by atoms with Crippen molar-refractivity contribution in [2.75, 3.05) is 6.26 Å². The number of sulfone groups is 1. The van der Waals surface area contributed by atoms with Crippen LogP contribution in [0.2, 0.25) is 0 Å². The van der Waals surface area contributed by atoms with Gasteiger partial charge in [-0.25, -0.2) is 8.42 Å². The van der Waals surface area contributed by atoms with Crippen LogP contribution in [0.5, 0.6) is 5.75 Å². The first-order valence-electron chi connectivity index (χ1n) is 5.54. The van der Waals surface area contributed by atoms with Gasteiger partial charge in [0, 0.05) is 6.26 Å². The maximum atomic E-state index is 11.4. The highest BCUT2D eigenvalue weighted by Crippen LogP contribution is 2.45. The lowest BCUT2D eigenvalue weighted by Gasteiger charge is -2.38. The molecule has 0 radical (unpaired) electrons. The van der Waals surface area contributed by atoms with Crippen LogP contribution in [0.15, 0.2) is 23.1 Å². The predicted molar refractivity (Wildman–Crippen MR) is 64.4 cm³/mol. The van der Waals surface area contributed by atoms with Gasteiger partial charge in [0.05, 0.1) is 5.41 Å².